The zero-order valence-electron chi connectivity index (χ0n) is 20.1. The molecule has 4 aromatic rings. The summed E-state index contributed by atoms with van der Waals surface area (Å²) in [6.45, 7) is 6.98. The van der Waals surface area contributed by atoms with Gasteiger partial charge >= 0.3 is 12.0 Å². The van der Waals surface area contributed by atoms with Crippen molar-refractivity contribution in [2.24, 2.45) is 0 Å². The SMILES string of the molecule is COC(=O)c1oc(C(C)(C)C)cc1NC(=O)Nc1ccc(OCCn2ccnc2)c2ccccc12. The Morgan fingerprint density at radius 3 is 2.49 bits per heavy atom. The number of urea groups is 1. The number of fused-ring (bicyclic) bond motifs is 1. The van der Waals surface area contributed by atoms with Crippen molar-refractivity contribution in [3.05, 3.63) is 72.7 Å². The Hall–Kier alpha value is -4.27. The number of carbonyl (C=O) groups excluding carboxylic acids is 2. The number of rotatable bonds is 7. The molecule has 2 amide bonds. The topological polar surface area (TPSA) is 108 Å². The largest absolute Gasteiger partial charge is 0.491 e. The highest BCUT2D eigenvalue weighted by atomic mass is 16.5. The molecule has 0 aliphatic heterocycles. The number of esters is 1. The fourth-order valence-electron chi connectivity index (χ4n) is 3.56. The summed E-state index contributed by atoms with van der Waals surface area (Å²) in [7, 11) is 1.26. The number of methoxy groups -OCH3 is 1. The summed E-state index contributed by atoms with van der Waals surface area (Å²) >= 11 is 0. The summed E-state index contributed by atoms with van der Waals surface area (Å²) in [5.74, 6) is 0.540. The van der Waals surface area contributed by atoms with E-state index >= 15 is 0 Å². The van der Waals surface area contributed by atoms with Crippen LogP contribution in [0.4, 0.5) is 16.2 Å². The number of anilines is 2. The normalized spacial score (nSPS) is 11.3. The first kappa shape index (κ1) is 23.9. The number of carbonyl (C=O) groups is 2. The molecular weight excluding hydrogens is 448 g/mol. The van der Waals surface area contributed by atoms with Gasteiger partial charge in [-0.2, -0.15) is 0 Å². The van der Waals surface area contributed by atoms with Crippen molar-refractivity contribution in [1.82, 2.24) is 9.55 Å². The van der Waals surface area contributed by atoms with Gasteiger partial charge < -0.3 is 29.1 Å². The van der Waals surface area contributed by atoms with Crippen LogP contribution in [0, 0.1) is 0 Å². The van der Waals surface area contributed by atoms with Gasteiger partial charge in [0, 0.05) is 34.6 Å². The van der Waals surface area contributed by atoms with E-state index in [-0.39, 0.29) is 16.9 Å². The van der Waals surface area contributed by atoms with Crippen molar-refractivity contribution >= 4 is 34.1 Å². The van der Waals surface area contributed by atoms with E-state index < -0.39 is 12.0 Å². The maximum absolute atomic E-state index is 12.9. The monoisotopic (exact) mass is 476 g/mol. The highest BCUT2D eigenvalue weighted by Crippen LogP contribution is 2.33. The fraction of sp³-hybridized carbons (Fsp3) is 0.269. The standard InChI is InChI=1S/C26H28N4O5/c1-26(2,3)22-15-20(23(35-22)24(31)33-4)29-25(32)28-19-9-10-21(18-8-6-5-7-17(18)19)34-14-13-30-12-11-27-16-30/h5-12,15-16H,13-14H2,1-4H3,(H2,28,29,32). The summed E-state index contributed by atoms with van der Waals surface area (Å²) < 4.78 is 18.4. The van der Waals surface area contributed by atoms with Gasteiger partial charge in [-0.15, -0.1) is 0 Å². The Bertz CT molecular complexity index is 1340. The number of furan rings is 1. The molecule has 35 heavy (non-hydrogen) atoms. The lowest BCUT2D eigenvalue weighted by molar-refractivity contribution is 0.0563. The van der Waals surface area contributed by atoms with Crippen LogP contribution in [0.3, 0.4) is 0 Å². The summed E-state index contributed by atoms with van der Waals surface area (Å²) in [5.41, 5.74) is 0.477. The molecule has 9 heteroatoms. The van der Waals surface area contributed by atoms with Crippen molar-refractivity contribution in [2.45, 2.75) is 32.7 Å². The Kier molecular flexibility index (Phi) is 6.77. The summed E-state index contributed by atoms with van der Waals surface area (Å²) in [5, 5.41) is 7.25. The van der Waals surface area contributed by atoms with Gasteiger partial charge in [0.05, 0.1) is 31.4 Å². The van der Waals surface area contributed by atoms with Crippen LogP contribution in [0.1, 0.15) is 37.1 Å². The maximum Gasteiger partial charge on any atom is 0.376 e. The van der Waals surface area contributed by atoms with Gasteiger partial charge in [0.25, 0.3) is 0 Å². The maximum atomic E-state index is 12.9. The first-order valence-electron chi connectivity index (χ1n) is 11.2. The Morgan fingerprint density at radius 2 is 1.80 bits per heavy atom. The second-order valence-corrected chi connectivity index (χ2v) is 8.98. The van der Waals surface area contributed by atoms with E-state index in [2.05, 4.69) is 15.6 Å². The average Bonchev–Trinajstić information content (AvgIpc) is 3.50. The number of nitrogens with zero attached hydrogens (tertiary/aromatic N) is 2. The quantitative estimate of drug-likeness (QED) is 0.344. The summed E-state index contributed by atoms with van der Waals surface area (Å²) in [6, 6.07) is 12.4. The van der Waals surface area contributed by atoms with Gasteiger partial charge in [0.2, 0.25) is 5.76 Å². The van der Waals surface area contributed by atoms with Crippen molar-refractivity contribution in [2.75, 3.05) is 24.4 Å². The highest BCUT2D eigenvalue weighted by Gasteiger charge is 2.26. The minimum atomic E-state index is -0.668. The average molecular weight is 477 g/mol. The zero-order valence-corrected chi connectivity index (χ0v) is 20.1. The molecule has 0 radical (unpaired) electrons. The predicted molar refractivity (Wildman–Crippen MR) is 133 cm³/mol. The highest BCUT2D eigenvalue weighted by molar-refractivity contribution is 6.09. The van der Waals surface area contributed by atoms with Crippen LogP contribution in [0.25, 0.3) is 10.8 Å². The number of ether oxygens (including phenoxy) is 2. The van der Waals surface area contributed by atoms with E-state index in [0.717, 1.165) is 10.8 Å². The van der Waals surface area contributed by atoms with Crippen LogP contribution >= 0.6 is 0 Å². The van der Waals surface area contributed by atoms with Gasteiger partial charge in [-0.1, -0.05) is 45.0 Å². The first-order chi connectivity index (χ1) is 16.8. The second kappa shape index (κ2) is 9.92. The van der Waals surface area contributed by atoms with Crippen molar-refractivity contribution in [1.29, 1.82) is 0 Å². The molecule has 0 saturated heterocycles. The van der Waals surface area contributed by atoms with E-state index in [1.807, 2.05) is 61.9 Å². The van der Waals surface area contributed by atoms with E-state index in [1.165, 1.54) is 7.11 Å². The number of imidazole rings is 1. The first-order valence-corrected chi connectivity index (χ1v) is 11.2. The van der Waals surface area contributed by atoms with Gasteiger partial charge in [0.15, 0.2) is 0 Å². The fourth-order valence-corrected chi connectivity index (χ4v) is 3.56. The number of amides is 2. The number of nitrogens with one attached hydrogen (secondary N) is 2. The van der Waals surface area contributed by atoms with Crippen LogP contribution in [-0.4, -0.2) is 35.3 Å². The second-order valence-electron chi connectivity index (χ2n) is 8.98. The Morgan fingerprint density at radius 1 is 1.06 bits per heavy atom. The van der Waals surface area contributed by atoms with E-state index in [9.17, 15) is 9.59 Å². The molecule has 2 aromatic heterocycles. The lowest BCUT2D eigenvalue weighted by Gasteiger charge is -2.14. The third-order valence-corrected chi connectivity index (χ3v) is 5.39. The third kappa shape index (κ3) is 5.46. The summed E-state index contributed by atoms with van der Waals surface area (Å²) in [6.07, 6.45) is 5.34. The smallest absolute Gasteiger partial charge is 0.376 e. The molecule has 0 atom stereocenters. The molecule has 2 N–H and O–H groups in total. The van der Waals surface area contributed by atoms with Gasteiger partial charge in [0.1, 0.15) is 18.1 Å². The predicted octanol–water partition coefficient (Wildman–Crippen LogP) is 5.44. The molecule has 0 aliphatic carbocycles. The lowest BCUT2D eigenvalue weighted by atomic mass is 9.93. The van der Waals surface area contributed by atoms with Gasteiger partial charge in [-0.05, 0) is 12.1 Å². The van der Waals surface area contributed by atoms with E-state index in [4.69, 9.17) is 13.9 Å². The molecular formula is C26H28N4O5. The minimum absolute atomic E-state index is 0.0564. The molecule has 0 saturated carbocycles. The molecule has 0 unspecified atom stereocenters. The van der Waals surface area contributed by atoms with Crippen molar-refractivity contribution in [3.8, 4) is 5.75 Å². The molecule has 2 aromatic carbocycles. The van der Waals surface area contributed by atoms with Gasteiger partial charge in [-0.25, -0.2) is 14.6 Å². The van der Waals surface area contributed by atoms with Gasteiger partial charge in [-0.3, -0.25) is 0 Å². The zero-order chi connectivity index (χ0) is 25.0. The van der Waals surface area contributed by atoms with E-state index in [0.29, 0.717) is 30.3 Å². The number of hydrogen-bond donors (Lipinski definition) is 2. The molecule has 9 nitrogen and oxygen atoms in total. The number of benzene rings is 2. The lowest BCUT2D eigenvalue weighted by Crippen LogP contribution is -2.20. The minimum Gasteiger partial charge on any atom is -0.491 e. The third-order valence-electron chi connectivity index (χ3n) is 5.39. The Labute approximate surface area is 203 Å². The van der Waals surface area contributed by atoms with Crippen LogP contribution < -0.4 is 15.4 Å². The molecule has 0 fully saturated rings. The molecule has 0 bridgehead atoms. The molecule has 2 heterocycles. The molecule has 4 rings (SSSR count). The molecule has 0 aliphatic rings. The van der Waals surface area contributed by atoms with Crippen molar-refractivity contribution < 1.29 is 23.5 Å². The number of aromatic nitrogens is 2. The van der Waals surface area contributed by atoms with Crippen LogP contribution in [0.2, 0.25) is 0 Å². The van der Waals surface area contributed by atoms with Crippen LogP contribution in [0.15, 0.2) is 65.6 Å². The number of hydrogen-bond acceptors (Lipinski definition) is 6. The summed E-state index contributed by atoms with van der Waals surface area (Å²) in [4.78, 5) is 29.1. The van der Waals surface area contributed by atoms with Crippen LogP contribution in [-0.2, 0) is 16.7 Å². The van der Waals surface area contributed by atoms with Crippen LogP contribution in [0.5, 0.6) is 5.75 Å². The molecule has 0 spiro atoms. The van der Waals surface area contributed by atoms with E-state index in [1.54, 1.807) is 24.7 Å². The Balaban J connectivity index is 1.52. The molecule has 182 valence electrons. The van der Waals surface area contributed by atoms with Crippen molar-refractivity contribution in [3.63, 3.8) is 0 Å².